The number of nitrogens with zero attached hydrogens (tertiary/aromatic N) is 2. The fraction of sp³-hybridized carbons (Fsp3) is 0.500. The summed E-state index contributed by atoms with van der Waals surface area (Å²) in [4.78, 5) is 6.46. The van der Waals surface area contributed by atoms with E-state index in [2.05, 4.69) is 15.8 Å². The molecule has 1 N–H and O–H groups in total. The van der Waals surface area contributed by atoms with E-state index in [1.54, 1.807) is 13.1 Å². The van der Waals surface area contributed by atoms with Crippen LogP contribution in [0.4, 0.5) is 5.82 Å². The van der Waals surface area contributed by atoms with Crippen LogP contribution in [0.5, 0.6) is 0 Å². The fourth-order valence-electron chi connectivity index (χ4n) is 1.83. The van der Waals surface area contributed by atoms with E-state index >= 15 is 0 Å². The Balaban J connectivity index is 2.15. The van der Waals surface area contributed by atoms with Gasteiger partial charge in [0.1, 0.15) is 5.82 Å². The molecule has 1 heterocycles. The minimum Gasteiger partial charge on any atom is -0.389 e. The number of aromatic nitrogens is 1. The summed E-state index contributed by atoms with van der Waals surface area (Å²) in [6, 6.07) is 3.75. The molecule has 0 radical (unpaired) electrons. The highest BCUT2D eigenvalue weighted by atomic mass is 16.3. The summed E-state index contributed by atoms with van der Waals surface area (Å²) in [5, 5.41) is 9.57. The highest BCUT2D eigenvalue weighted by molar-refractivity contribution is 5.43. The van der Waals surface area contributed by atoms with Crippen molar-refractivity contribution in [1.29, 1.82) is 0 Å². The molecular formula is C14H18N2O. The van der Waals surface area contributed by atoms with Crippen LogP contribution < -0.4 is 4.90 Å². The van der Waals surface area contributed by atoms with Crippen molar-refractivity contribution in [2.75, 3.05) is 18.0 Å². The lowest BCUT2D eigenvalue weighted by Gasteiger charge is -2.21. The molecule has 0 saturated heterocycles. The minimum atomic E-state index is -0.467. The molecule has 3 heteroatoms. The van der Waals surface area contributed by atoms with Crippen molar-refractivity contribution >= 4 is 5.82 Å². The third-order valence-electron chi connectivity index (χ3n) is 3.03. The molecule has 0 spiro atoms. The summed E-state index contributed by atoms with van der Waals surface area (Å²) in [5.41, 5.74) is 0.882. The van der Waals surface area contributed by atoms with Crippen molar-refractivity contribution < 1.29 is 5.11 Å². The van der Waals surface area contributed by atoms with Crippen LogP contribution >= 0.6 is 0 Å². The van der Waals surface area contributed by atoms with Crippen LogP contribution in [0.15, 0.2) is 18.3 Å². The second-order valence-electron chi connectivity index (χ2n) is 4.65. The summed E-state index contributed by atoms with van der Waals surface area (Å²) in [7, 11) is 0. The molecule has 90 valence electrons. The first-order valence-corrected chi connectivity index (χ1v) is 6.03. The van der Waals surface area contributed by atoms with Crippen molar-refractivity contribution in [2.24, 2.45) is 5.92 Å². The fourth-order valence-corrected chi connectivity index (χ4v) is 1.83. The van der Waals surface area contributed by atoms with Gasteiger partial charge in [-0.05, 0) is 43.4 Å². The molecule has 1 atom stereocenters. The van der Waals surface area contributed by atoms with Crippen molar-refractivity contribution in [3.63, 3.8) is 0 Å². The van der Waals surface area contributed by atoms with E-state index in [0.29, 0.717) is 6.54 Å². The molecule has 1 aliphatic carbocycles. The lowest BCUT2D eigenvalue weighted by Crippen LogP contribution is -2.27. The molecular weight excluding hydrogens is 212 g/mol. The van der Waals surface area contributed by atoms with Gasteiger partial charge in [0, 0.05) is 12.7 Å². The van der Waals surface area contributed by atoms with E-state index in [4.69, 9.17) is 6.42 Å². The zero-order valence-corrected chi connectivity index (χ0v) is 10.1. The van der Waals surface area contributed by atoms with Crippen molar-refractivity contribution in [1.82, 2.24) is 4.98 Å². The minimum absolute atomic E-state index is 0.467. The van der Waals surface area contributed by atoms with Gasteiger partial charge in [-0.15, -0.1) is 6.42 Å². The maximum absolute atomic E-state index is 9.57. The second kappa shape index (κ2) is 5.20. The molecule has 1 saturated carbocycles. The van der Waals surface area contributed by atoms with Gasteiger partial charge in [0.2, 0.25) is 0 Å². The summed E-state index contributed by atoms with van der Waals surface area (Å²) in [6.45, 7) is 3.30. The predicted octanol–water partition coefficient (Wildman–Crippen LogP) is 1.98. The molecule has 1 fully saturated rings. The van der Waals surface area contributed by atoms with Crippen LogP contribution in [-0.2, 0) is 0 Å². The number of anilines is 1. The summed E-state index contributed by atoms with van der Waals surface area (Å²) < 4.78 is 0. The van der Waals surface area contributed by atoms with Crippen LogP contribution in [0.25, 0.3) is 0 Å². The normalized spacial score (nSPS) is 16.3. The Morgan fingerprint density at radius 3 is 3.00 bits per heavy atom. The Kier molecular flexibility index (Phi) is 3.65. The van der Waals surface area contributed by atoms with Gasteiger partial charge in [-0.3, -0.25) is 0 Å². The van der Waals surface area contributed by atoms with E-state index in [1.807, 2.05) is 12.1 Å². The predicted molar refractivity (Wildman–Crippen MR) is 68.6 cm³/mol. The lowest BCUT2D eigenvalue weighted by molar-refractivity contribution is 0.199. The molecule has 3 nitrogen and oxygen atoms in total. The van der Waals surface area contributed by atoms with Gasteiger partial charge in [0.25, 0.3) is 0 Å². The molecule has 0 aromatic carbocycles. The van der Waals surface area contributed by atoms with Crippen LogP contribution in [-0.4, -0.2) is 23.2 Å². The zero-order chi connectivity index (χ0) is 12.3. The summed E-state index contributed by atoms with van der Waals surface area (Å²) in [6.07, 6.45) is 9.23. The van der Waals surface area contributed by atoms with E-state index in [-0.39, 0.29) is 0 Å². The van der Waals surface area contributed by atoms with Gasteiger partial charge < -0.3 is 10.0 Å². The Hall–Kier alpha value is -1.53. The maximum atomic E-state index is 9.57. The molecule has 1 aromatic rings. The second-order valence-corrected chi connectivity index (χ2v) is 4.65. The van der Waals surface area contributed by atoms with Crippen LogP contribution in [0.3, 0.4) is 0 Å². The van der Waals surface area contributed by atoms with Gasteiger partial charge in [0.05, 0.1) is 12.6 Å². The number of aliphatic hydroxyl groups excluding tert-OH is 1. The standard InChI is InChI=1S/C14H18N2O/c1-3-8-16(10-12-4-5-12)14-9-13(11(2)17)6-7-15-14/h1,6-7,9,11-12,17H,4-5,8,10H2,2H3/t11-/m0/s1. The topological polar surface area (TPSA) is 36.4 Å². The molecule has 1 aliphatic rings. The smallest absolute Gasteiger partial charge is 0.129 e. The zero-order valence-electron chi connectivity index (χ0n) is 10.1. The maximum Gasteiger partial charge on any atom is 0.129 e. The first kappa shape index (κ1) is 11.9. The van der Waals surface area contributed by atoms with Crippen LogP contribution in [0.1, 0.15) is 31.4 Å². The third-order valence-corrected chi connectivity index (χ3v) is 3.03. The Morgan fingerprint density at radius 2 is 2.41 bits per heavy atom. The van der Waals surface area contributed by atoms with Gasteiger partial charge in [-0.2, -0.15) is 0 Å². The first-order chi connectivity index (χ1) is 8.20. The Labute approximate surface area is 102 Å². The highest BCUT2D eigenvalue weighted by Gasteiger charge is 2.24. The number of pyridine rings is 1. The number of terminal acetylenes is 1. The Morgan fingerprint density at radius 1 is 1.65 bits per heavy atom. The number of aliphatic hydroxyl groups is 1. The van der Waals surface area contributed by atoms with Gasteiger partial charge >= 0.3 is 0 Å². The molecule has 17 heavy (non-hydrogen) atoms. The van der Waals surface area contributed by atoms with Crippen molar-refractivity contribution in [2.45, 2.75) is 25.9 Å². The molecule has 0 unspecified atom stereocenters. The van der Waals surface area contributed by atoms with Gasteiger partial charge in [-0.25, -0.2) is 4.98 Å². The highest BCUT2D eigenvalue weighted by Crippen LogP contribution is 2.31. The average molecular weight is 230 g/mol. The number of rotatable bonds is 5. The summed E-state index contributed by atoms with van der Waals surface area (Å²) in [5.74, 6) is 4.30. The molecule has 0 amide bonds. The van der Waals surface area contributed by atoms with Gasteiger partial charge in [0.15, 0.2) is 0 Å². The Bertz CT molecular complexity index is 418. The van der Waals surface area contributed by atoms with E-state index in [9.17, 15) is 5.11 Å². The average Bonchev–Trinajstić information content (AvgIpc) is 3.12. The molecule has 0 aliphatic heterocycles. The molecule has 1 aromatic heterocycles. The summed E-state index contributed by atoms with van der Waals surface area (Å²) >= 11 is 0. The SMILES string of the molecule is C#CCN(CC1CC1)c1cc([C@H](C)O)ccn1. The largest absolute Gasteiger partial charge is 0.389 e. The molecule has 0 bridgehead atoms. The number of hydrogen-bond donors (Lipinski definition) is 1. The van der Waals surface area contributed by atoms with E-state index < -0.39 is 6.10 Å². The van der Waals surface area contributed by atoms with Crippen LogP contribution in [0, 0.1) is 18.3 Å². The van der Waals surface area contributed by atoms with Crippen LogP contribution in [0.2, 0.25) is 0 Å². The van der Waals surface area contributed by atoms with Crippen molar-refractivity contribution in [3.8, 4) is 12.3 Å². The third kappa shape index (κ3) is 3.21. The quantitative estimate of drug-likeness (QED) is 0.786. The molecule has 2 rings (SSSR count). The van der Waals surface area contributed by atoms with E-state index in [0.717, 1.165) is 23.8 Å². The monoisotopic (exact) mass is 230 g/mol. The first-order valence-electron chi connectivity index (χ1n) is 6.03. The van der Waals surface area contributed by atoms with Gasteiger partial charge in [-0.1, -0.05) is 5.92 Å². The van der Waals surface area contributed by atoms with E-state index in [1.165, 1.54) is 12.8 Å². The lowest BCUT2D eigenvalue weighted by atomic mass is 10.1. The van der Waals surface area contributed by atoms with Crippen molar-refractivity contribution in [3.05, 3.63) is 23.9 Å². The number of hydrogen-bond acceptors (Lipinski definition) is 3.